The molecule has 2 aromatic carbocycles. The first-order valence-electron chi connectivity index (χ1n) is 9.69. The third-order valence-electron chi connectivity index (χ3n) is 4.78. The van der Waals surface area contributed by atoms with Crippen LogP contribution in [0, 0.1) is 0 Å². The van der Waals surface area contributed by atoms with Gasteiger partial charge in [-0.3, -0.25) is 9.48 Å². The number of nitrogens with two attached hydrogens (primary N) is 1. The number of anilines is 2. The standard InChI is InChI=1S/C23H21N5O3S/c1-27-16-19(14-25-27)18-5-4-6-20(13-18)32(30,31)28-12-11-17(15-28)9-10-23(29)26-22-8-3-2-7-21(22)24/h2-16H,24H2,1H3,(H,26,29)/b10-9+. The fourth-order valence-corrected chi connectivity index (χ4v) is 4.38. The number of nitrogen functional groups attached to an aromatic ring is 1. The Morgan fingerprint density at radius 1 is 1.06 bits per heavy atom. The molecule has 0 fully saturated rings. The third kappa shape index (κ3) is 4.47. The Labute approximate surface area is 185 Å². The van der Waals surface area contributed by atoms with Gasteiger partial charge in [-0.1, -0.05) is 24.3 Å². The number of aryl methyl sites for hydroxylation is 1. The Morgan fingerprint density at radius 3 is 2.62 bits per heavy atom. The van der Waals surface area contributed by atoms with Gasteiger partial charge in [0.15, 0.2) is 0 Å². The predicted molar refractivity (Wildman–Crippen MR) is 124 cm³/mol. The van der Waals surface area contributed by atoms with Gasteiger partial charge in [-0.05, 0) is 47.5 Å². The molecule has 0 radical (unpaired) electrons. The van der Waals surface area contributed by atoms with Crippen LogP contribution in [-0.4, -0.2) is 28.1 Å². The number of para-hydroxylation sites is 2. The van der Waals surface area contributed by atoms with E-state index in [2.05, 4.69) is 10.4 Å². The lowest BCUT2D eigenvalue weighted by Crippen LogP contribution is -2.11. The van der Waals surface area contributed by atoms with E-state index in [0.717, 1.165) is 15.1 Å². The second-order valence-electron chi connectivity index (χ2n) is 7.12. The van der Waals surface area contributed by atoms with Crippen molar-refractivity contribution in [1.82, 2.24) is 13.8 Å². The Bertz CT molecular complexity index is 1420. The Kier molecular flexibility index (Phi) is 5.65. The summed E-state index contributed by atoms with van der Waals surface area (Å²) in [6.45, 7) is 0. The van der Waals surface area contributed by atoms with Crippen LogP contribution >= 0.6 is 0 Å². The number of amides is 1. The molecular weight excluding hydrogens is 426 g/mol. The number of aromatic nitrogens is 3. The molecule has 2 heterocycles. The number of hydrogen-bond acceptors (Lipinski definition) is 5. The number of carbonyl (C=O) groups excluding carboxylic acids is 1. The topological polar surface area (TPSA) is 112 Å². The van der Waals surface area contributed by atoms with Crippen LogP contribution in [-0.2, 0) is 21.9 Å². The van der Waals surface area contributed by atoms with E-state index in [1.54, 1.807) is 66.5 Å². The SMILES string of the molecule is Cn1cc(-c2cccc(S(=O)(=O)n3ccc(/C=C/C(=O)Nc4ccccc4N)c3)c2)cn1. The number of benzene rings is 2. The summed E-state index contributed by atoms with van der Waals surface area (Å²) in [5.41, 5.74) is 8.93. The average molecular weight is 448 g/mol. The van der Waals surface area contributed by atoms with Gasteiger partial charge in [0, 0.05) is 37.3 Å². The Balaban J connectivity index is 1.52. The van der Waals surface area contributed by atoms with Gasteiger partial charge in [-0.15, -0.1) is 0 Å². The minimum atomic E-state index is -3.80. The molecule has 0 atom stereocenters. The van der Waals surface area contributed by atoms with Gasteiger partial charge in [-0.25, -0.2) is 12.4 Å². The van der Waals surface area contributed by atoms with E-state index in [1.807, 2.05) is 12.3 Å². The zero-order chi connectivity index (χ0) is 22.7. The lowest BCUT2D eigenvalue weighted by molar-refractivity contribution is -0.111. The van der Waals surface area contributed by atoms with Crippen molar-refractivity contribution in [2.75, 3.05) is 11.1 Å². The molecule has 0 bridgehead atoms. The quantitative estimate of drug-likeness (QED) is 0.348. The molecule has 0 aliphatic carbocycles. The molecular formula is C23H21N5O3S. The summed E-state index contributed by atoms with van der Waals surface area (Å²) in [6, 6.07) is 15.2. The van der Waals surface area contributed by atoms with Crippen LogP contribution in [0.25, 0.3) is 17.2 Å². The molecule has 8 nitrogen and oxygen atoms in total. The summed E-state index contributed by atoms with van der Waals surface area (Å²) >= 11 is 0. The van der Waals surface area contributed by atoms with Crippen molar-refractivity contribution in [1.29, 1.82) is 0 Å². The van der Waals surface area contributed by atoms with Crippen LogP contribution in [0.5, 0.6) is 0 Å². The Morgan fingerprint density at radius 2 is 1.88 bits per heavy atom. The molecule has 0 spiro atoms. The first-order valence-corrected chi connectivity index (χ1v) is 11.1. The first-order chi connectivity index (χ1) is 15.3. The predicted octanol–water partition coefficient (Wildman–Crippen LogP) is 3.36. The maximum absolute atomic E-state index is 13.1. The fraction of sp³-hybridized carbons (Fsp3) is 0.0435. The molecule has 162 valence electrons. The molecule has 0 aliphatic rings. The molecule has 3 N–H and O–H groups in total. The van der Waals surface area contributed by atoms with Crippen molar-refractivity contribution in [3.05, 3.63) is 91.0 Å². The second-order valence-corrected chi connectivity index (χ2v) is 8.96. The molecule has 1 amide bonds. The van der Waals surface area contributed by atoms with Crippen LogP contribution in [0.2, 0.25) is 0 Å². The van der Waals surface area contributed by atoms with E-state index in [0.29, 0.717) is 16.9 Å². The van der Waals surface area contributed by atoms with Crippen molar-refractivity contribution >= 4 is 33.4 Å². The molecule has 9 heteroatoms. The molecule has 4 rings (SSSR count). The van der Waals surface area contributed by atoms with E-state index < -0.39 is 10.0 Å². The lowest BCUT2D eigenvalue weighted by atomic mass is 10.1. The van der Waals surface area contributed by atoms with Gasteiger partial charge in [0.1, 0.15) is 0 Å². The molecule has 0 saturated carbocycles. The summed E-state index contributed by atoms with van der Waals surface area (Å²) in [5.74, 6) is -0.373. The van der Waals surface area contributed by atoms with Gasteiger partial charge in [0.05, 0.1) is 22.5 Å². The van der Waals surface area contributed by atoms with E-state index in [9.17, 15) is 13.2 Å². The Hall–Kier alpha value is -4.11. The highest BCUT2D eigenvalue weighted by molar-refractivity contribution is 7.90. The monoisotopic (exact) mass is 447 g/mol. The maximum Gasteiger partial charge on any atom is 0.267 e. The van der Waals surface area contributed by atoms with Crippen LogP contribution in [0.3, 0.4) is 0 Å². The van der Waals surface area contributed by atoms with E-state index in [4.69, 9.17) is 5.73 Å². The van der Waals surface area contributed by atoms with Gasteiger partial charge in [0.2, 0.25) is 5.91 Å². The summed E-state index contributed by atoms with van der Waals surface area (Å²) in [5, 5.41) is 6.81. The van der Waals surface area contributed by atoms with Gasteiger partial charge < -0.3 is 11.1 Å². The van der Waals surface area contributed by atoms with Gasteiger partial charge in [0.25, 0.3) is 10.0 Å². The van der Waals surface area contributed by atoms with Crippen molar-refractivity contribution in [2.45, 2.75) is 4.90 Å². The zero-order valence-corrected chi connectivity index (χ0v) is 18.0. The summed E-state index contributed by atoms with van der Waals surface area (Å²) in [6.07, 6.45) is 9.25. The molecule has 0 unspecified atom stereocenters. The van der Waals surface area contributed by atoms with Crippen molar-refractivity contribution in [3.8, 4) is 11.1 Å². The summed E-state index contributed by atoms with van der Waals surface area (Å²) in [7, 11) is -2.00. The molecule has 32 heavy (non-hydrogen) atoms. The van der Waals surface area contributed by atoms with Gasteiger partial charge >= 0.3 is 0 Å². The average Bonchev–Trinajstić information content (AvgIpc) is 3.44. The summed E-state index contributed by atoms with van der Waals surface area (Å²) < 4.78 is 28.9. The van der Waals surface area contributed by atoms with Crippen LogP contribution in [0.4, 0.5) is 11.4 Å². The zero-order valence-electron chi connectivity index (χ0n) is 17.2. The fourth-order valence-electron chi connectivity index (χ4n) is 3.13. The van der Waals surface area contributed by atoms with Crippen LogP contribution in [0.15, 0.2) is 90.4 Å². The minimum absolute atomic E-state index is 0.155. The number of nitrogens with zero attached hydrogens (tertiary/aromatic N) is 3. The lowest BCUT2D eigenvalue weighted by Gasteiger charge is -2.07. The highest BCUT2D eigenvalue weighted by Crippen LogP contribution is 2.24. The summed E-state index contributed by atoms with van der Waals surface area (Å²) in [4.78, 5) is 12.3. The molecule has 0 aliphatic heterocycles. The smallest absolute Gasteiger partial charge is 0.267 e. The number of rotatable bonds is 6. The number of carbonyl (C=O) groups is 1. The highest BCUT2D eigenvalue weighted by Gasteiger charge is 2.17. The van der Waals surface area contributed by atoms with E-state index >= 15 is 0 Å². The normalized spacial score (nSPS) is 11.7. The van der Waals surface area contributed by atoms with Crippen molar-refractivity contribution in [2.24, 2.45) is 7.05 Å². The van der Waals surface area contributed by atoms with E-state index in [1.165, 1.54) is 24.5 Å². The van der Waals surface area contributed by atoms with E-state index in [-0.39, 0.29) is 10.8 Å². The van der Waals surface area contributed by atoms with Crippen molar-refractivity contribution in [3.63, 3.8) is 0 Å². The maximum atomic E-state index is 13.1. The number of nitrogens with one attached hydrogen (secondary N) is 1. The number of hydrogen-bond donors (Lipinski definition) is 2. The van der Waals surface area contributed by atoms with Crippen LogP contribution in [0.1, 0.15) is 5.56 Å². The largest absolute Gasteiger partial charge is 0.397 e. The third-order valence-corrected chi connectivity index (χ3v) is 6.42. The second kappa shape index (κ2) is 8.56. The molecule has 4 aromatic rings. The van der Waals surface area contributed by atoms with Crippen LogP contribution < -0.4 is 11.1 Å². The highest BCUT2D eigenvalue weighted by atomic mass is 32.2. The first kappa shape index (κ1) is 21.1. The van der Waals surface area contributed by atoms with Gasteiger partial charge in [-0.2, -0.15) is 5.10 Å². The van der Waals surface area contributed by atoms with Crippen molar-refractivity contribution < 1.29 is 13.2 Å². The molecule has 2 aromatic heterocycles. The minimum Gasteiger partial charge on any atom is -0.397 e. The molecule has 0 saturated heterocycles.